The minimum absolute atomic E-state index is 0.636. The predicted octanol–water partition coefficient (Wildman–Crippen LogP) is 1.73. The Bertz CT molecular complexity index is 167. The Labute approximate surface area is 101 Å². The Morgan fingerprint density at radius 1 is 1.25 bits per heavy atom. The minimum Gasteiger partial charge on any atom is -0.383 e. The van der Waals surface area contributed by atoms with Crippen molar-refractivity contribution in [1.29, 1.82) is 0 Å². The molecule has 0 radical (unpaired) electrons. The highest BCUT2D eigenvalue weighted by Gasteiger charge is 2.15. The first-order chi connectivity index (χ1) is 7.74. The molecular formula is C13H28N2O. The van der Waals surface area contributed by atoms with E-state index in [0.29, 0.717) is 6.04 Å². The molecular weight excluding hydrogens is 200 g/mol. The van der Waals surface area contributed by atoms with Crippen LogP contribution in [0.4, 0.5) is 0 Å². The number of rotatable bonds is 7. The van der Waals surface area contributed by atoms with Crippen LogP contribution >= 0.6 is 0 Å². The first-order valence-corrected chi connectivity index (χ1v) is 6.67. The van der Waals surface area contributed by atoms with Gasteiger partial charge in [0.1, 0.15) is 0 Å². The minimum atomic E-state index is 0.636. The SMILES string of the molecule is COCCN(CCC1CCNCC1)C(C)C. The maximum Gasteiger partial charge on any atom is 0.0589 e. The summed E-state index contributed by atoms with van der Waals surface area (Å²) in [6.07, 6.45) is 4.07. The van der Waals surface area contributed by atoms with E-state index in [2.05, 4.69) is 24.1 Å². The third-order valence-corrected chi connectivity index (χ3v) is 3.60. The van der Waals surface area contributed by atoms with Gasteiger partial charge in [-0.3, -0.25) is 4.90 Å². The van der Waals surface area contributed by atoms with Crippen molar-refractivity contribution in [3.63, 3.8) is 0 Å². The van der Waals surface area contributed by atoms with Gasteiger partial charge in [0.05, 0.1) is 6.61 Å². The Kier molecular flexibility index (Phi) is 7.01. The first-order valence-electron chi connectivity index (χ1n) is 6.67. The zero-order chi connectivity index (χ0) is 11.8. The number of hydrogen-bond donors (Lipinski definition) is 1. The predicted molar refractivity (Wildman–Crippen MR) is 68.8 cm³/mol. The van der Waals surface area contributed by atoms with Gasteiger partial charge >= 0.3 is 0 Å². The zero-order valence-corrected chi connectivity index (χ0v) is 11.2. The van der Waals surface area contributed by atoms with E-state index in [-0.39, 0.29) is 0 Å². The largest absolute Gasteiger partial charge is 0.383 e. The van der Waals surface area contributed by atoms with Crippen molar-refractivity contribution >= 4 is 0 Å². The van der Waals surface area contributed by atoms with E-state index in [4.69, 9.17) is 4.74 Å². The molecule has 0 aromatic rings. The fourth-order valence-electron chi connectivity index (χ4n) is 2.36. The van der Waals surface area contributed by atoms with Crippen molar-refractivity contribution in [2.75, 3.05) is 39.9 Å². The molecule has 3 heteroatoms. The van der Waals surface area contributed by atoms with E-state index in [9.17, 15) is 0 Å². The van der Waals surface area contributed by atoms with Crippen LogP contribution in [0, 0.1) is 5.92 Å². The van der Waals surface area contributed by atoms with Gasteiger partial charge in [-0.15, -0.1) is 0 Å². The highest BCUT2D eigenvalue weighted by molar-refractivity contribution is 4.71. The quantitative estimate of drug-likeness (QED) is 0.718. The number of nitrogens with one attached hydrogen (secondary N) is 1. The smallest absolute Gasteiger partial charge is 0.0589 e. The molecule has 1 aliphatic heterocycles. The van der Waals surface area contributed by atoms with Crippen molar-refractivity contribution in [3.05, 3.63) is 0 Å². The van der Waals surface area contributed by atoms with Crippen molar-refractivity contribution in [2.45, 2.75) is 39.2 Å². The van der Waals surface area contributed by atoms with Gasteiger partial charge in [-0.2, -0.15) is 0 Å². The van der Waals surface area contributed by atoms with E-state index in [0.717, 1.165) is 19.1 Å². The second-order valence-electron chi connectivity index (χ2n) is 5.10. The first kappa shape index (κ1) is 13.9. The zero-order valence-electron chi connectivity index (χ0n) is 11.2. The second-order valence-corrected chi connectivity index (χ2v) is 5.10. The standard InChI is InChI=1S/C13H28N2O/c1-12(2)15(10-11-16-3)9-6-13-4-7-14-8-5-13/h12-14H,4-11H2,1-3H3. The van der Waals surface area contributed by atoms with E-state index < -0.39 is 0 Å². The summed E-state index contributed by atoms with van der Waals surface area (Å²) in [6.45, 7) is 10.1. The molecule has 16 heavy (non-hydrogen) atoms. The summed E-state index contributed by atoms with van der Waals surface area (Å²) < 4.78 is 5.16. The molecule has 0 atom stereocenters. The topological polar surface area (TPSA) is 24.5 Å². The normalized spacial score (nSPS) is 18.6. The second kappa shape index (κ2) is 8.04. The molecule has 1 rings (SSSR count). The lowest BCUT2D eigenvalue weighted by Crippen LogP contribution is -2.36. The molecule has 0 aromatic carbocycles. The summed E-state index contributed by atoms with van der Waals surface area (Å²) in [5.41, 5.74) is 0. The average Bonchev–Trinajstić information content (AvgIpc) is 2.30. The maximum absolute atomic E-state index is 5.16. The van der Waals surface area contributed by atoms with Crippen molar-refractivity contribution in [2.24, 2.45) is 5.92 Å². The highest BCUT2D eigenvalue weighted by atomic mass is 16.5. The van der Waals surface area contributed by atoms with E-state index in [1.165, 1.54) is 38.9 Å². The van der Waals surface area contributed by atoms with Crippen LogP contribution in [0.3, 0.4) is 0 Å². The van der Waals surface area contributed by atoms with E-state index in [1.807, 2.05) is 0 Å². The molecule has 1 saturated heterocycles. The van der Waals surface area contributed by atoms with Gasteiger partial charge in [-0.05, 0) is 58.7 Å². The molecule has 0 saturated carbocycles. The van der Waals surface area contributed by atoms with E-state index >= 15 is 0 Å². The Hall–Kier alpha value is -0.120. The summed E-state index contributed by atoms with van der Waals surface area (Å²) in [4.78, 5) is 2.53. The molecule has 3 nitrogen and oxygen atoms in total. The molecule has 0 amide bonds. The summed E-state index contributed by atoms with van der Waals surface area (Å²) in [5, 5.41) is 3.43. The lowest BCUT2D eigenvalue weighted by Gasteiger charge is -2.29. The van der Waals surface area contributed by atoms with Crippen LogP contribution in [0.15, 0.2) is 0 Å². The molecule has 0 aliphatic carbocycles. The monoisotopic (exact) mass is 228 g/mol. The van der Waals surface area contributed by atoms with Gasteiger partial charge in [0, 0.05) is 19.7 Å². The van der Waals surface area contributed by atoms with Gasteiger partial charge in [-0.1, -0.05) is 0 Å². The maximum atomic E-state index is 5.16. The van der Waals surface area contributed by atoms with Crippen LogP contribution in [0.5, 0.6) is 0 Å². The summed E-state index contributed by atoms with van der Waals surface area (Å²) in [7, 11) is 1.78. The molecule has 1 heterocycles. The number of methoxy groups -OCH3 is 1. The van der Waals surface area contributed by atoms with Crippen molar-refractivity contribution < 1.29 is 4.74 Å². The lowest BCUT2D eigenvalue weighted by molar-refractivity contribution is 0.122. The number of hydrogen-bond acceptors (Lipinski definition) is 3. The number of ether oxygens (including phenoxy) is 1. The Morgan fingerprint density at radius 2 is 1.94 bits per heavy atom. The van der Waals surface area contributed by atoms with Gasteiger partial charge in [0.2, 0.25) is 0 Å². The van der Waals surface area contributed by atoms with Gasteiger partial charge < -0.3 is 10.1 Å². The summed E-state index contributed by atoms with van der Waals surface area (Å²) in [6, 6.07) is 0.636. The molecule has 0 spiro atoms. The molecule has 1 N–H and O–H groups in total. The third kappa shape index (κ3) is 5.28. The molecule has 0 aromatic heterocycles. The Balaban J connectivity index is 2.19. The van der Waals surface area contributed by atoms with Crippen LogP contribution < -0.4 is 5.32 Å². The third-order valence-electron chi connectivity index (χ3n) is 3.60. The number of piperidine rings is 1. The van der Waals surface area contributed by atoms with Gasteiger partial charge in [0.15, 0.2) is 0 Å². The van der Waals surface area contributed by atoms with Crippen molar-refractivity contribution in [3.8, 4) is 0 Å². The average molecular weight is 228 g/mol. The highest BCUT2D eigenvalue weighted by Crippen LogP contribution is 2.16. The van der Waals surface area contributed by atoms with Crippen LogP contribution in [0.1, 0.15) is 33.1 Å². The summed E-state index contributed by atoms with van der Waals surface area (Å²) >= 11 is 0. The van der Waals surface area contributed by atoms with E-state index in [1.54, 1.807) is 7.11 Å². The van der Waals surface area contributed by atoms with Crippen LogP contribution in [0.2, 0.25) is 0 Å². The summed E-state index contributed by atoms with van der Waals surface area (Å²) in [5.74, 6) is 0.935. The molecule has 0 bridgehead atoms. The van der Waals surface area contributed by atoms with Gasteiger partial charge in [-0.25, -0.2) is 0 Å². The fourth-order valence-corrected chi connectivity index (χ4v) is 2.36. The molecule has 0 unspecified atom stereocenters. The molecule has 96 valence electrons. The van der Waals surface area contributed by atoms with Crippen molar-refractivity contribution in [1.82, 2.24) is 10.2 Å². The fraction of sp³-hybridized carbons (Fsp3) is 1.00. The number of nitrogens with zero attached hydrogens (tertiary/aromatic N) is 1. The van der Waals surface area contributed by atoms with Crippen LogP contribution in [-0.2, 0) is 4.74 Å². The molecule has 1 fully saturated rings. The van der Waals surface area contributed by atoms with Gasteiger partial charge in [0.25, 0.3) is 0 Å². The van der Waals surface area contributed by atoms with Crippen LogP contribution in [0.25, 0.3) is 0 Å². The Morgan fingerprint density at radius 3 is 2.50 bits per heavy atom. The molecule has 1 aliphatic rings. The van der Waals surface area contributed by atoms with Crippen LogP contribution in [-0.4, -0.2) is 50.8 Å². The lowest BCUT2D eigenvalue weighted by atomic mass is 9.94.